The van der Waals surface area contributed by atoms with Gasteiger partial charge in [0.2, 0.25) is 0 Å². The van der Waals surface area contributed by atoms with E-state index < -0.39 is 23.5 Å². The van der Waals surface area contributed by atoms with Gasteiger partial charge in [-0.3, -0.25) is 0 Å². The fourth-order valence-corrected chi connectivity index (χ4v) is 0.302. The van der Waals surface area contributed by atoms with E-state index in [2.05, 4.69) is 11.3 Å². The molecule has 64 valence electrons. The van der Waals surface area contributed by atoms with Crippen LogP contribution in [0, 0.1) is 0 Å². The molecule has 0 aliphatic heterocycles. The first-order valence-corrected chi connectivity index (χ1v) is 3.22. The minimum Gasteiger partial charge on any atom is -0.396 e. The Morgan fingerprint density at radius 2 is 2.18 bits per heavy atom. The van der Waals surface area contributed by atoms with Gasteiger partial charge in [0.25, 0.3) is 0 Å². The van der Waals surface area contributed by atoms with Crippen molar-refractivity contribution in [3.63, 3.8) is 0 Å². The lowest BCUT2D eigenvalue weighted by Crippen LogP contribution is -2.23. The average molecular weight is 185 g/mol. The standard InChI is InChI=1S/C6H7ClF2O2/c1-3-6(8,9)11-5(10)4(2)7/h2-3H2,1H3. The molecule has 0 aromatic carbocycles. The van der Waals surface area contributed by atoms with E-state index in [-0.39, 0.29) is 0 Å². The van der Waals surface area contributed by atoms with Gasteiger partial charge >= 0.3 is 12.1 Å². The quantitative estimate of drug-likeness (QED) is 0.497. The van der Waals surface area contributed by atoms with Crippen LogP contribution in [0.15, 0.2) is 11.6 Å². The van der Waals surface area contributed by atoms with Crippen molar-refractivity contribution in [1.82, 2.24) is 0 Å². The molecule has 11 heavy (non-hydrogen) atoms. The Hall–Kier alpha value is -0.640. The van der Waals surface area contributed by atoms with E-state index in [9.17, 15) is 13.6 Å². The second-order valence-electron chi connectivity index (χ2n) is 1.79. The van der Waals surface area contributed by atoms with Crippen molar-refractivity contribution in [3.05, 3.63) is 11.6 Å². The minimum absolute atomic E-state index is 0.557. The summed E-state index contributed by atoms with van der Waals surface area (Å²) in [4.78, 5) is 10.4. The van der Waals surface area contributed by atoms with Crippen LogP contribution in [0.3, 0.4) is 0 Å². The van der Waals surface area contributed by atoms with Gasteiger partial charge in [0, 0.05) is 6.42 Å². The van der Waals surface area contributed by atoms with Crippen LogP contribution in [0.2, 0.25) is 0 Å². The molecule has 5 heteroatoms. The summed E-state index contributed by atoms with van der Waals surface area (Å²) in [6.45, 7) is 4.12. The first-order chi connectivity index (χ1) is 4.89. The van der Waals surface area contributed by atoms with Crippen LogP contribution >= 0.6 is 11.6 Å². The summed E-state index contributed by atoms with van der Waals surface area (Å²) in [6, 6.07) is 0. The molecule has 0 spiro atoms. The van der Waals surface area contributed by atoms with Gasteiger partial charge in [0.1, 0.15) is 5.03 Å². The summed E-state index contributed by atoms with van der Waals surface area (Å²) in [7, 11) is 0. The molecular formula is C6H7ClF2O2. The van der Waals surface area contributed by atoms with Gasteiger partial charge < -0.3 is 4.74 Å². The van der Waals surface area contributed by atoms with Crippen molar-refractivity contribution in [2.45, 2.75) is 19.5 Å². The maximum atomic E-state index is 12.2. The maximum Gasteiger partial charge on any atom is 0.399 e. The molecule has 2 nitrogen and oxygen atoms in total. The zero-order valence-electron chi connectivity index (χ0n) is 5.86. The van der Waals surface area contributed by atoms with Crippen molar-refractivity contribution >= 4 is 17.6 Å². The Labute approximate surface area is 67.8 Å². The van der Waals surface area contributed by atoms with Crippen LogP contribution in [0.5, 0.6) is 0 Å². The van der Waals surface area contributed by atoms with E-state index in [4.69, 9.17) is 11.6 Å². The van der Waals surface area contributed by atoms with Gasteiger partial charge in [-0.2, -0.15) is 8.78 Å². The van der Waals surface area contributed by atoms with Crippen molar-refractivity contribution in [3.8, 4) is 0 Å². The van der Waals surface area contributed by atoms with E-state index in [1.54, 1.807) is 0 Å². The number of carbonyl (C=O) groups is 1. The Kier molecular flexibility index (Phi) is 3.45. The highest BCUT2D eigenvalue weighted by Gasteiger charge is 2.31. The number of rotatable bonds is 3. The van der Waals surface area contributed by atoms with E-state index in [1.165, 1.54) is 6.92 Å². The third-order valence-electron chi connectivity index (χ3n) is 0.875. The van der Waals surface area contributed by atoms with Gasteiger partial charge in [-0.05, 0) is 0 Å². The van der Waals surface area contributed by atoms with Crippen LogP contribution < -0.4 is 0 Å². The van der Waals surface area contributed by atoms with Crippen LogP contribution in [-0.2, 0) is 9.53 Å². The van der Waals surface area contributed by atoms with Gasteiger partial charge in [0.05, 0.1) is 0 Å². The molecule has 0 rings (SSSR count). The number of hydrogen-bond acceptors (Lipinski definition) is 2. The smallest absolute Gasteiger partial charge is 0.396 e. The fourth-order valence-electron chi connectivity index (χ4n) is 0.263. The topological polar surface area (TPSA) is 26.3 Å². The molecule has 0 aromatic heterocycles. The van der Waals surface area contributed by atoms with Gasteiger partial charge in [-0.25, -0.2) is 4.79 Å². The zero-order chi connectivity index (χ0) is 9.07. The second kappa shape index (κ2) is 3.67. The molecular weight excluding hydrogens is 178 g/mol. The second-order valence-corrected chi connectivity index (χ2v) is 2.24. The molecule has 0 heterocycles. The summed E-state index contributed by atoms with van der Waals surface area (Å²) < 4.78 is 28.1. The SMILES string of the molecule is C=C(Cl)C(=O)OC(F)(F)CC. The van der Waals surface area contributed by atoms with Crippen molar-refractivity contribution in [1.29, 1.82) is 0 Å². The summed E-state index contributed by atoms with van der Waals surface area (Å²) >= 11 is 4.99. The Bertz CT molecular complexity index is 179. The lowest BCUT2D eigenvalue weighted by molar-refractivity contribution is -0.229. The summed E-state index contributed by atoms with van der Waals surface area (Å²) in [5.41, 5.74) is 0. The molecule has 0 aliphatic carbocycles. The predicted molar refractivity (Wildman–Crippen MR) is 36.3 cm³/mol. The molecule has 0 unspecified atom stereocenters. The third-order valence-corrected chi connectivity index (χ3v) is 1.03. The Morgan fingerprint density at radius 3 is 2.45 bits per heavy atom. The highest BCUT2D eigenvalue weighted by atomic mass is 35.5. The lowest BCUT2D eigenvalue weighted by atomic mass is 10.4. The van der Waals surface area contributed by atoms with E-state index in [0.717, 1.165) is 0 Å². The number of esters is 1. The first kappa shape index (κ1) is 10.4. The number of alkyl halides is 2. The molecule has 0 radical (unpaired) electrons. The zero-order valence-corrected chi connectivity index (χ0v) is 6.62. The van der Waals surface area contributed by atoms with Crippen molar-refractivity contribution in [2.24, 2.45) is 0 Å². The Morgan fingerprint density at radius 1 is 1.73 bits per heavy atom. The van der Waals surface area contributed by atoms with Gasteiger partial charge in [0.15, 0.2) is 0 Å². The number of halogens is 3. The molecule has 0 fully saturated rings. The van der Waals surface area contributed by atoms with Crippen LogP contribution in [0.25, 0.3) is 0 Å². The molecule has 0 N–H and O–H groups in total. The van der Waals surface area contributed by atoms with Crippen molar-refractivity contribution in [2.75, 3.05) is 0 Å². The Balaban J connectivity index is 4.04. The summed E-state index contributed by atoms with van der Waals surface area (Å²) in [6.07, 6.45) is -4.03. The van der Waals surface area contributed by atoms with Gasteiger partial charge in [-0.1, -0.05) is 25.1 Å². The summed E-state index contributed by atoms with van der Waals surface area (Å²) in [5.74, 6) is -1.29. The highest BCUT2D eigenvalue weighted by Crippen LogP contribution is 2.21. The van der Waals surface area contributed by atoms with Crippen LogP contribution in [-0.4, -0.2) is 12.1 Å². The molecule has 0 aromatic rings. The van der Waals surface area contributed by atoms with Gasteiger partial charge in [-0.15, -0.1) is 0 Å². The molecule has 0 saturated heterocycles. The van der Waals surface area contributed by atoms with E-state index in [0.29, 0.717) is 0 Å². The molecule has 0 bridgehead atoms. The maximum absolute atomic E-state index is 12.2. The number of ether oxygens (including phenoxy) is 1. The fraction of sp³-hybridized carbons (Fsp3) is 0.500. The average Bonchev–Trinajstić information content (AvgIpc) is 1.87. The molecule has 0 atom stereocenters. The number of hydrogen-bond donors (Lipinski definition) is 0. The number of carbonyl (C=O) groups excluding carboxylic acids is 1. The highest BCUT2D eigenvalue weighted by molar-refractivity contribution is 6.40. The van der Waals surface area contributed by atoms with E-state index in [1.807, 2.05) is 0 Å². The normalized spacial score (nSPS) is 10.9. The monoisotopic (exact) mass is 184 g/mol. The summed E-state index contributed by atoms with van der Waals surface area (Å²) in [5, 5.41) is -0.557. The molecule has 0 amide bonds. The van der Waals surface area contributed by atoms with E-state index >= 15 is 0 Å². The predicted octanol–water partition coefficient (Wildman–Crippen LogP) is 2.28. The molecule has 0 aliphatic rings. The van der Waals surface area contributed by atoms with Crippen molar-refractivity contribution < 1.29 is 18.3 Å². The molecule has 0 saturated carbocycles. The lowest BCUT2D eigenvalue weighted by Gasteiger charge is -2.13. The minimum atomic E-state index is -3.45. The van der Waals surface area contributed by atoms with Crippen LogP contribution in [0.1, 0.15) is 13.3 Å². The first-order valence-electron chi connectivity index (χ1n) is 2.84. The van der Waals surface area contributed by atoms with Crippen LogP contribution in [0.4, 0.5) is 8.78 Å². The third kappa shape index (κ3) is 3.93. The largest absolute Gasteiger partial charge is 0.399 e.